The van der Waals surface area contributed by atoms with E-state index in [4.69, 9.17) is 5.11 Å². The summed E-state index contributed by atoms with van der Waals surface area (Å²) in [4.78, 5) is 19.4. The molecule has 0 heterocycles. The van der Waals surface area contributed by atoms with Crippen molar-refractivity contribution in [2.45, 2.75) is 0 Å². The Hall–Kier alpha value is -0.320. The third-order valence-corrected chi connectivity index (χ3v) is 0.355. The molecule has 46 valence electrons. The fourth-order valence-electron chi connectivity index (χ4n) is 0.128. The number of hydrogen-bond donors (Lipinski definition) is 1. The summed E-state index contributed by atoms with van der Waals surface area (Å²) in [5.74, 6) is -0.961. The van der Waals surface area contributed by atoms with E-state index in [1.165, 1.54) is 0 Å². The summed E-state index contributed by atoms with van der Waals surface area (Å²) in [6.45, 7) is 2.98. The SMILES string of the molecule is C=CC(=O)OC(=O)O.[NaH]. The minimum atomic E-state index is -1.62. The molecule has 0 saturated carbocycles. The zero-order valence-electron chi connectivity index (χ0n) is 3.96. The first-order chi connectivity index (χ1) is 3.66. The Morgan fingerprint density at radius 2 is 2.00 bits per heavy atom. The van der Waals surface area contributed by atoms with Crippen LogP contribution in [0.5, 0.6) is 0 Å². The molecule has 0 saturated heterocycles. The second-order valence-electron chi connectivity index (χ2n) is 0.891. The fourth-order valence-corrected chi connectivity index (χ4v) is 0.128. The standard InChI is InChI=1S/C4H4O4.Na.H/c1-2-3(5)8-4(6)7;;/h2H,1H2,(H,6,7);;. The average Bonchev–Trinajstić information content (AvgIpc) is 1.65. The number of rotatable bonds is 1. The van der Waals surface area contributed by atoms with Crippen molar-refractivity contribution in [2.75, 3.05) is 0 Å². The van der Waals surface area contributed by atoms with Crippen LogP contribution in [0.1, 0.15) is 0 Å². The predicted molar refractivity (Wildman–Crippen MR) is 31.5 cm³/mol. The van der Waals surface area contributed by atoms with Gasteiger partial charge in [-0.15, -0.1) is 0 Å². The molecular formula is C4H5NaO4. The molecule has 0 unspecified atom stereocenters. The first kappa shape index (κ1) is 11.5. The van der Waals surface area contributed by atoms with Gasteiger partial charge < -0.3 is 9.84 Å². The van der Waals surface area contributed by atoms with Crippen molar-refractivity contribution in [3.63, 3.8) is 0 Å². The van der Waals surface area contributed by atoms with E-state index in [-0.39, 0.29) is 29.6 Å². The van der Waals surface area contributed by atoms with Crippen LogP contribution in [0.3, 0.4) is 0 Å². The summed E-state index contributed by atoms with van der Waals surface area (Å²) in [6, 6.07) is 0. The molecule has 0 amide bonds. The molecule has 0 aromatic heterocycles. The first-order valence-corrected chi connectivity index (χ1v) is 1.74. The molecule has 0 rings (SSSR count). The molecule has 5 heteroatoms. The molecule has 0 aromatic carbocycles. The van der Waals surface area contributed by atoms with Crippen molar-refractivity contribution >= 4 is 41.7 Å². The van der Waals surface area contributed by atoms with Gasteiger partial charge in [-0.3, -0.25) is 0 Å². The summed E-state index contributed by atoms with van der Waals surface area (Å²) in [5.41, 5.74) is 0. The van der Waals surface area contributed by atoms with Crippen LogP contribution in [-0.2, 0) is 9.53 Å². The minimum absolute atomic E-state index is 0. The van der Waals surface area contributed by atoms with Gasteiger partial charge in [-0.1, -0.05) is 6.58 Å². The van der Waals surface area contributed by atoms with E-state index in [0.717, 1.165) is 6.08 Å². The fraction of sp³-hybridized carbons (Fsp3) is 0. The number of ether oxygens (including phenoxy) is 1. The van der Waals surface area contributed by atoms with Gasteiger partial charge in [0.05, 0.1) is 0 Å². The molecule has 9 heavy (non-hydrogen) atoms. The van der Waals surface area contributed by atoms with Crippen molar-refractivity contribution in [3.05, 3.63) is 12.7 Å². The second-order valence-corrected chi connectivity index (χ2v) is 0.891. The zero-order valence-corrected chi connectivity index (χ0v) is 3.96. The number of carbonyl (C=O) groups excluding carboxylic acids is 1. The van der Waals surface area contributed by atoms with E-state index in [0.29, 0.717) is 0 Å². The zero-order chi connectivity index (χ0) is 6.57. The van der Waals surface area contributed by atoms with Crippen LogP contribution < -0.4 is 0 Å². The second kappa shape index (κ2) is 5.81. The van der Waals surface area contributed by atoms with Gasteiger partial charge in [-0.2, -0.15) is 0 Å². The summed E-state index contributed by atoms with van der Waals surface area (Å²) < 4.78 is 3.56. The Labute approximate surface area is 73.8 Å². The van der Waals surface area contributed by atoms with Crippen LogP contribution in [0.15, 0.2) is 12.7 Å². The molecule has 0 aliphatic carbocycles. The van der Waals surface area contributed by atoms with Gasteiger partial charge in [0.2, 0.25) is 0 Å². The molecule has 0 aromatic rings. The molecule has 0 aliphatic heterocycles. The summed E-state index contributed by atoms with van der Waals surface area (Å²) in [7, 11) is 0. The van der Waals surface area contributed by atoms with Crippen molar-refractivity contribution in [1.29, 1.82) is 0 Å². The molecule has 0 bridgehead atoms. The predicted octanol–water partition coefficient (Wildman–Crippen LogP) is -0.255. The van der Waals surface area contributed by atoms with Crippen LogP contribution in [-0.4, -0.2) is 46.8 Å². The van der Waals surface area contributed by atoms with E-state index in [1.54, 1.807) is 0 Å². The monoisotopic (exact) mass is 140 g/mol. The Morgan fingerprint density at radius 3 is 2.11 bits per heavy atom. The van der Waals surface area contributed by atoms with E-state index >= 15 is 0 Å². The van der Waals surface area contributed by atoms with Crippen LogP contribution in [0, 0.1) is 0 Å². The Morgan fingerprint density at radius 1 is 1.56 bits per heavy atom. The van der Waals surface area contributed by atoms with Gasteiger partial charge in [0, 0.05) is 6.08 Å². The number of carbonyl (C=O) groups is 2. The van der Waals surface area contributed by atoms with E-state index < -0.39 is 12.1 Å². The van der Waals surface area contributed by atoms with Crippen LogP contribution in [0.2, 0.25) is 0 Å². The Balaban J connectivity index is 0. The Bertz CT molecular complexity index is 131. The van der Waals surface area contributed by atoms with Gasteiger partial charge in [0.25, 0.3) is 0 Å². The maximum absolute atomic E-state index is 9.90. The molecule has 0 aliphatic rings. The molecular weight excluding hydrogens is 135 g/mol. The normalized spacial score (nSPS) is 6.67. The quantitative estimate of drug-likeness (QED) is 0.236. The summed E-state index contributed by atoms with van der Waals surface area (Å²) in [5, 5.41) is 7.72. The topological polar surface area (TPSA) is 63.6 Å². The van der Waals surface area contributed by atoms with Gasteiger partial charge >= 0.3 is 41.7 Å². The van der Waals surface area contributed by atoms with Crippen LogP contribution in [0.4, 0.5) is 4.79 Å². The maximum atomic E-state index is 9.90. The molecule has 0 spiro atoms. The van der Waals surface area contributed by atoms with Gasteiger partial charge in [0.1, 0.15) is 0 Å². The molecule has 4 nitrogen and oxygen atoms in total. The van der Waals surface area contributed by atoms with Crippen molar-refractivity contribution in [2.24, 2.45) is 0 Å². The molecule has 0 atom stereocenters. The van der Waals surface area contributed by atoms with E-state index in [1.807, 2.05) is 0 Å². The number of esters is 1. The molecule has 0 fully saturated rings. The van der Waals surface area contributed by atoms with Gasteiger partial charge in [0.15, 0.2) is 0 Å². The van der Waals surface area contributed by atoms with Crippen LogP contribution in [0.25, 0.3) is 0 Å². The van der Waals surface area contributed by atoms with E-state index in [9.17, 15) is 9.59 Å². The third-order valence-electron chi connectivity index (χ3n) is 0.355. The van der Waals surface area contributed by atoms with Gasteiger partial charge in [-0.05, 0) is 0 Å². The number of carboxylic acid groups (broad SMARTS) is 1. The molecule has 0 radical (unpaired) electrons. The summed E-state index contributed by atoms with van der Waals surface area (Å²) >= 11 is 0. The number of hydrogen-bond acceptors (Lipinski definition) is 3. The van der Waals surface area contributed by atoms with Crippen molar-refractivity contribution < 1.29 is 19.4 Å². The summed E-state index contributed by atoms with van der Waals surface area (Å²) in [6.07, 6.45) is -0.844. The van der Waals surface area contributed by atoms with E-state index in [2.05, 4.69) is 11.3 Å². The van der Waals surface area contributed by atoms with Crippen LogP contribution >= 0.6 is 0 Å². The molecule has 1 N–H and O–H groups in total. The van der Waals surface area contributed by atoms with Crippen molar-refractivity contribution in [3.8, 4) is 0 Å². The first-order valence-electron chi connectivity index (χ1n) is 1.74. The Kier molecular flexibility index (Phi) is 7.41. The third kappa shape index (κ3) is 7.68. The average molecular weight is 140 g/mol. The van der Waals surface area contributed by atoms with Gasteiger partial charge in [-0.25, -0.2) is 9.59 Å². The van der Waals surface area contributed by atoms with Crippen molar-refractivity contribution in [1.82, 2.24) is 0 Å².